The van der Waals surface area contributed by atoms with Gasteiger partial charge in [0.1, 0.15) is 5.75 Å². The predicted octanol–water partition coefficient (Wildman–Crippen LogP) is -1.63. The van der Waals surface area contributed by atoms with Gasteiger partial charge in [-0.1, -0.05) is 11.1 Å². The van der Waals surface area contributed by atoms with E-state index in [1.54, 1.807) is 0 Å². The van der Waals surface area contributed by atoms with Crippen LogP contribution < -0.4 is 39.6 Å². The van der Waals surface area contributed by atoms with Gasteiger partial charge in [0, 0.05) is 6.07 Å². The minimum absolute atomic E-state index is 0. The number of methoxy groups -OCH3 is 1. The van der Waals surface area contributed by atoms with Crippen LogP contribution in [-0.4, -0.2) is 26.0 Å². The van der Waals surface area contributed by atoms with Crippen LogP contribution in [0.3, 0.4) is 0 Å². The maximum Gasteiger partial charge on any atom is 1.00 e. The van der Waals surface area contributed by atoms with Gasteiger partial charge in [0.2, 0.25) is 16.2 Å². The fourth-order valence-electron chi connectivity index (χ4n) is 1.13. The zero-order valence-electron chi connectivity index (χ0n) is 10.9. The van der Waals surface area contributed by atoms with Crippen molar-refractivity contribution in [3.63, 3.8) is 0 Å². The molecule has 0 fully saturated rings. The maximum atomic E-state index is 11.1. The third-order valence-corrected chi connectivity index (χ3v) is 2.17. The second kappa shape index (κ2) is 8.12. The minimum Gasteiger partial charge on any atom is -0.728 e. The molecule has 102 valence electrons. The quantitative estimate of drug-likeness (QED) is 0.303. The van der Waals surface area contributed by atoms with E-state index in [0.717, 1.165) is 6.08 Å². The molecule has 0 heterocycles. The Balaban J connectivity index is 0.00000361. The zero-order chi connectivity index (χ0) is 14.5. The molecule has 10 heteroatoms. The molecule has 1 N–H and O–H groups in total. The number of nitrogens with zero attached hydrogens (tertiary/aromatic N) is 2. The zero-order valence-corrected chi connectivity index (χ0v) is 13.7. The Labute approximate surface area is 138 Å². The molecule has 0 aromatic heterocycles. The molecule has 0 spiro atoms. The maximum absolute atomic E-state index is 11.1. The number of hydrogen-bond donors (Lipinski definition) is 1. The molecule has 0 aliphatic carbocycles. The van der Waals surface area contributed by atoms with Gasteiger partial charge >= 0.3 is 29.6 Å². The van der Waals surface area contributed by atoms with Gasteiger partial charge in [0.25, 0.3) is 0 Å². The Morgan fingerprint density at radius 1 is 1.50 bits per heavy atom. The van der Waals surface area contributed by atoms with Crippen molar-refractivity contribution in [2.75, 3.05) is 12.4 Å². The van der Waals surface area contributed by atoms with Crippen LogP contribution in [0.2, 0.25) is 0 Å². The molecule has 0 atom stereocenters. The first-order valence-electron chi connectivity index (χ1n) is 4.86. The molecule has 0 saturated carbocycles. The van der Waals surface area contributed by atoms with Gasteiger partial charge in [-0.15, -0.1) is 5.11 Å². The molecule has 0 bridgehead atoms. The van der Waals surface area contributed by atoms with E-state index >= 15 is 0 Å². The summed E-state index contributed by atoms with van der Waals surface area (Å²) in [6.07, 6.45) is 1.08. The SMILES string of the molecule is C=CC(=O)Nc1ccc(N=NS(=O)(=O)[O-])cc1OC.[Na+]. The standard InChI is InChI=1S/C10H11N3O5S.Na/c1-3-10(14)11-8-5-4-7(6-9(8)18-2)12-13-19(15,16)17;/h3-6H,1H2,2H3,(H,11,14)(H,15,16,17);/q;+1/p-1. The van der Waals surface area contributed by atoms with Crippen molar-refractivity contribution in [3.8, 4) is 5.75 Å². The van der Waals surface area contributed by atoms with E-state index < -0.39 is 16.2 Å². The van der Waals surface area contributed by atoms with Crippen molar-refractivity contribution in [3.05, 3.63) is 30.9 Å². The topological polar surface area (TPSA) is 120 Å². The Morgan fingerprint density at radius 3 is 2.65 bits per heavy atom. The first kappa shape index (κ1) is 18.7. The van der Waals surface area contributed by atoms with E-state index in [4.69, 9.17) is 4.74 Å². The summed E-state index contributed by atoms with van der Waals surface area (Å²) >= 11 is 0. The van der Waals surface area contributed by atoms with Crippen LogP contribution in [0.5, 0.6) is 5.75 Å². The molecule has 1 amide bonds. The molecule has 1 aromatic rings. The van der Waals surface area contributed by atoms with Crippen molar-refractivity contribution in [2.45, 2.75) is 0 Å². The summed E-state index contributed by atoms with van der Waals surface area (Å²) in [6, 6.07) is 4.09. The molecule has 1 rings (SSSR count). The molecule has 20 heavy (non-hydrogen) atoms. The first-order chi connectivity index (χ1) is 8.85. The van der Waals surface area contributed by atoms with Crippen LogP contribution in [0.4, 0.5) is 11.4 Å². The van der Waals surface area contributed by atoms with E-state index in [1.165, 1.54) is 25.3 Å². The average molecular weight is 307 g/mol. The minimum atomic E-state index is -4.79. The van der Waals surface area contributed by atoms with E-state index in [0.29, 0.717) is 5.69 Å². The molecule has 1 aromatic carbocycles. The van der Waals surface area contributed by atoms with Crippen LogP contribution in [0, 0.1) is 0 Å². The summed E-state index contributed by atoms with van der Waals surface area (Å²) in [7, 11) is -3.44. The van der Waals surface area contributed by atoms with Gasteiger partial charge in [-0.3, -0.25) is 4.79 Å². The van der Waals surface area contributed by atoms with Crippen LogP contribution in [0.25, 0.3) is 0 Å². The van der Waals surface area contributed by atoms with E-state index in [-0.39, 0.29) is 41.0 Å². The number of rotatable bonds is 5. The molecule has 8 nitrogen and oxygen atoms in total. The van der Waals surface area contributed by atoms with Crippen LogP contribution in [0.1, 0.15) is 0 Å². The smallest absolute Gasteiger partial charge is 0.728 e. The fraction of sp³-hybridized carbons (Fsp3) is 0.100. The number of amides is 1. The van der Waals surface area contributed by atoms with Crippen molar-refractivity contribution in [2.24, 2.45) is 9.63 Å². The summed E-state index contributed by atoms with van der Waals surface area (Å²) in [4.78, 5) is 11.1. The van der Waals surface area contributed by atoms with Crippen molar-refractivity contribution in [1.82, 2.24) is 0 Å². The fourth-order valence-corrected chi connectivity index (χ4v) is 1.32. The Kier molecular flexibility index (Phi) is 7.61. The van der Waals surface area contributed by atoms with Crippen molar-refractivity contribution >= 4 is 27.6 Å². The molecular weight excluding hydrogens is 297 g/mol. The number of hydrogen-bond acceptors (Lipinski definition) is 6. The normalized spacial score (nSPS) is 10.7. The summed E-state index contributed by atoms with van der Waals surface area (Å²) in [5.41, 5.74) is 0.434. The number of ether oxygens (including phenoxy) is 1. The third kappa shape index (κ3) is 6.26. The Morgan fingerprint density at radius 2 is 2.15 bits per heavy atom. The number of nitrogens with one attached hydrogen (secondary N) is 1. The second-order valence-corrected chi connectivity index (χ2v) is 4.21. The number of carbonyl (C=O) groups excluding carboxylic acids is 1. The monoisotopic (exact) mass is 307 g/mol. The molecule has 0 aliphatic heterocycles. The van der Waals surface area contributed by atoms with Crippen molar-refractivity contribution in [1.29, 1.82) is 0 Å². The van der Waals surface area contributed by atoms with Crippen LogP contribution in [-0.2, 0) is 15.1 Å². The van der Waals surface area contributed by atoms with E-state index in [1.807, 2.05) is 0 Å². The Bertz CT molecular complexity index is 630. The molecule has 0 saturated heterocycles. The number of carbonyl (C=O) groups is 1. The van der Waals surface area contributed by atoms with Crippen LogP contribution in [0.15, 0.2) is 40.5 Å². The summed E-state index contributed by atoms with van der Waals surface area (Å²) in [5.74, 6) is -0.204. The number of anilines is 1. The predicted molar refractivity (Wildman–Crippen MR) is 66.0 cm³/mol. The molecule has 0 unspecified atom stereocenters. The molecule has 0 radical (unpaired) electrons. The molecule has 0 aliphatic rings. The number of benzene rings is 1. The first-order valence-corrected chi connectivity index (χ1v) is 6.22. The van der Waals surface area contributed by atoms with Gasteiger partial charge in [0.05, 0.1) is 18.5 Å². The van der Waals surface area contributed by atoms with E-state index in [9.17, 15) is 17.8 Å². The Hall–Kier alpha value is -1.26. The van der Waals surface area contributed by atoms with E-state index in [2.05, 4.69) is 21.5 Å². The third-order valence-electron chi connectivity index (χ3n) is 1.88. The van der Waals surface area contributed by atoms with Gasteiger partial charge in [0.15, 0.2) is 0 Å². The van der Waals surface area contributed by atoms with Crippen molar-refractivity contribution < 1.29 is 52.1 Å². The average Bonchev–Trinajstić information content (AvgIpc) is 2.36. The molecular formula is C10H10N3NaO5S. The largest absolute Gasteiger partial charge is 1.00 e. The second-order valence-electron chi connectivity index (χ2n) is 3.19. The van der Waals surface area contributed by atoms with Gasteiger partial charge in [-0.25, -0.2) is 8.42 Å². The summed E-state index contributed by atoms with van der Waals surface area (Å²) in [5, 5.41) is 5.71. The van der Waals surface area contributed by atoms with Gasteiger partial charge in [-0.2, -0.15) is 0 Å². The summed E-state index contributed by atoms with van der Waals surface area (Å²) in [6.45, 7) is 3.30. The van der Waals surface area contributed by atoms with Gasteiger partial charge in [-0.05, 0) is 18.2 Å². The van der Waals surface area contributed by atoms with Crippen LogP contribution >= 0.6 is 0 Å². The van der Waals surface area contributed by atoms with Gasteiger partial charge < -0.3 is 14.6 Å². The summed E-state index contributed by atoms with van der Waals surface area (Å²) < 4.78 is 38.5.